The Hall–Kier alpha value is -2.96. The minimum absolute atomic E-state index is 0.0713. The Morgan fingerprint density at radius 2 is 1.59 bits per heavy atom. The van der Waals surface area contributed by atoms with Crippen LogP contribution in [0.1, 0.15) is 57.6 Å². The summed E-state index contributed by atoms with van der Waals surface area (Å²) in [5, 5.41) is 2.94. The predicted octanol–water partition coefficient (Wildman–Crippen LogP) is 3.35. The lowest BCUT2D eigenvalue weighted by Crippen LogP contribution is -2.27. The van der Waals surface area contributed by atoms with Crippen molar-refractivity contribution in [1.82, 2.24) is 10.3 Å². The molecule has 2 N–H and O–H groups in total. The molecule has 7 heteroatoms. The van der Waals surface area contributed by atoms with Crippen LogP contribution in [0.25, 0.3) is 0 Å². The molecule has 1 amide bonds. The lowest BCUT2D eigenvalue weighted by molar-refractivity contribution is 0.0934. The number of amides is 1. The maximum absolute atomic E-state index is 12.7. The van der Waals surface area contributed by atoms with Crippen LogP contribution in [0.5, 0.6) is 17.2 Å². The Labute approximate surface area is 159 Å². The first-order chi connectivity index (χ1) is 12.7. The molecule has 27 heavy (non-hydrogen) atoms. The Morgan fingerprint density at radius 1 is 1.04 bits per heavy atom. The molecular formula is C20H26N2O5. The molecule has 0 fully saturated rings. The number of carbonyl (C=O) groups excluding carboxylic acids is 2. The second kappa shape index (κ2) is 8.16. The molecule has 0 aliphatic heterocycles. The van der Waals surface area contributed by atoms with Gasteiger partial charge in [-0.1, -0.05) is 0 Å². The molecule has 2 aromatic rings. The smallest absolute Gasteiger partial charge is 0.268 e. The van der Waals surface area contributed by atoms with Crippen molar-refractivity contribution in [3.63, 3.8) is 0 Å². The Morgan fingerprint density at radius 3 is 2.00 bits per heavy atom. The number of ketones is 1. The van der Waals surface area contributed by atoms with Gasteiger partial charge in [0.05, 0.1) is 27.4 Å². The molecule has 1 aromatic carbocycles. The Bertz CT molecular complexity index is 844. The van der Waals surface area contributed by atoms with Crippen molar-refractivity contribution in [3.8, 4) is 17.2 Å². The molecule has 146 valence electrons. The van der Waals surface area contributed by atoms with E-state index in [1.165, 1.54) is 14.0 Å². The topological polar surface area (TPSA) is 89.7 Å². The first-order valence-corrected chi connectivity index (χ1v) is 8.55. The second-order valence-electron chi connectivity index (χ2n) is 6.34. The molecule has 0 saturated carbocycles. The van der Waals surface area contributed by atoms with Gasteiger partial charge in [0, 0.05) is 11.3 Å². The molecule has 0 aliphatic rings. The first-order valence-electron chi connectivity index (χ1n) is 8.55. The minimum atomic E-state index is -0.324. The van der Waals surface area contributed by atoms with Gasteiger partial charge in [0.25, 0.3) is 5.91 Å². The van der Waals surface area contributed by atoms with Crippen molar-refractivity contribution in [2.45, 2.75) is 33.7 Å². The van der Waals surface area contributed by atoms with Crippen molar-refractivity contribution in [3.05, 3.63) is 40.2 Å². The average molecular weight is 374 g/mol. The summed E-state index contributed by atoms with van der Waals surface area (Å²) in [6.45, 7) is 6.89. The summed E-state index contributed by atoms with van der Waals surface area (Å²) in [6, 6.07) is 3.26. The molecule has 0 bridgehead atoms. The van der Waals surface area contributed by atoms with Crippen molar-refractivity contribution in [2.24, 2.45) is 0 Å². The first kappa shape index (κ1) is 20.4. The molecule has 1 aromatic heterocycles. The maximum Gasteiger partial charge on any atom is 0.268 e. The van der Waals surface area contributed by atoms with E-state index >= 15 is 0 Å². The maximum atomic E-state index is 12.7. The summed E-state index contributed by atoms with van der Waals surface area (Å²) >= 11 is 0. The average Bonchev–Trinajstić information content (AvgIpc) is 2.94. The number of aromatic nitrogens is 1. The number of hydrogen-bond acceptors (Lipinski definition) is 5. The van der Waals surface area contributed by atoms with Crippen LogP contribution >= 0.6 is 0 Å². The van der Waals surface area contributed by atoms with Crippen molar-refractivity contribution >= 4 is 11.7 Å². The second-order valence-corrected chi connectivity index (χ2v) is 6.34. The van der Waals surface area contributed by atoms with Crippen molar-refractivity contribution in [1.29, 1.82) is 0 Å². The summed E-state index contributed by atoms with van der Waals surface area (Å²) in [7, 11) is 4.62. The van der Waals surface area contributed by atoms with E-state index in [4.69, 9.17) is 14.2 Å². The van der Waals surface area contributed by atoms with Gasteiger partial charge in [-0.15, -0.1) is 0 Å². The summed E-state index contributed by atoms with van der Waals surface area (Å²) in [5.74, 6) is 1.16. The number of ether oxygens (including phenoxy) is 3. The van der Waals surface area contributed by atoms with Crippen molar-refractivity contribution in [2.75, 3.05) is 21.3 Å². The van der Waals surface area contributed by atoms with Crippen LogP contribution in [-0.4, -0.2) is 38.0 Å². The van der Waals surface area contributed by atoms with Crippen LogP contribution in [0.3, 0.4) is 0 Å². The third-order valence-electron chi connectivity index (χ3n) is 4.55. The van der Waals surface area contributed by atoms with Gasteiger partial charge < -0.3 is 24.5 Å². The molecule has 0 saturated heterocycles. The van der Waals surface area contributed by atoms with Crippen LogP contribution < -0.4 is 19.5 Å². The quantitative estimate of drug-likeness (QED) is 0.726. The number of aromatic amines is 1. The van der Waals surface area contributed by atoms with Crippen LogP contribution in [-0.2, 0) is 0 Å². The monoisotopic (exact) mass is 374 g/mol. The van der Waals surface area contributed by atoms with Crippen LogP contribution in [0.4, 0.5) is 0 Å². The highest BCUT2D eigenvalue weighted by Gasteiger charge is 2.22. The summed E-state index contributed by atoms with van der Waals surface area (Å²) in [4.78, 5) is 27.5. The Balaban J connectivity index is 2.32. The number of aryl methyl sites for hydroxylation is 1. The minimum Gasteiger partial charge on any atom is -0.493 e. The third-order valence-corrected chi connectivity index (χ3v) is 4.55. The van der Waals surface area contributed by atoms with Gasteiger partial charge in [-0.05, 0) is 51.0 Å². The van der Waals surface area contributed by atoms with Crippen LogP contribution in [0.2, 0.25) is 0 Å². The summed E-state index contributed by atoms with van der Waals surface area (Å²) in [5.41, 5.74) is 3.07. The van der Waals surface area contributed by atoms with E-state index in [1.807, 2.05) is 6.92 Å². The van der Waals surface area contributed by atoms with E-state index in [0.29, 0.717) is 39.8 Å². The van der Waals surface area contributed by atoms with Crippen molar-refractivity contribution < 1.29 is 23.8 Å². The highest BCUT2D eigenvalue weighted by Crippen LogP contribution is 2.39. The van der Waals surface area contributed by atoms with Gasteiger partial charge in [-0.25, -0.2) is 0 Å². The molecular weight excluding hydrogens is 348 g/mol. The number of methoxy groups -OCH3 is 3. The SMILES string of the molecule is COc1cc([C@@H](C)NC(=O)c2[nH]c(C)c(C(C)=O)c2C)cc(OC)c1OC. The normalized spacial score (nSPS) is 11.7. The third kappa shape index (κ3) is 3.92. The molecule has 1 atom stereocenters. The van der Waals surface area contributed by atoms with E-state index in [-0.39, 0.29) is 17.7 Å². The molecule has 0 unspecified atom stereocenters. The predicted molar refractivity (Wildman–Crippen MR) is 102 cm³/mol. The molecule has 2 rings (SSSR count). The van der Waals surface area contributed by atoms with Gasteiger partial charge in [0.2, 0.25) is 5.75 Å². The van der Waals surface area contributed by atoms with E-state index in [0.717, 1.165) is 5.56 Å². The van der Waals surface area contributed by atoms with E-state index in [2.05, 4.69) is 10.3 Å². The number of carbonyl (C=O) groups is 2. The van der Waals surface area contributed by atoms with Gasteiger partial charge >= 0.3 is 0 Å². The van der Waals surface area contributed by atoms with Crippen LogP contribution in [0, 0.1) is 13.8 Å². The number of rotatable bonds is 7. The summed E-state index contributed by atoms with van der Waals surface area (Å²) < 4.78 is 16.0. The van der Waals surface area contributed by atoms with E-state index in [9.17, 15) is 9.59 Å². The number of Topliss-reactive ketones (excluding diaryl/α,β-unsaturated/α-hetero) is 1. The Kier molecular flexibility index (Phi) is 6.15. The molecule has 0 aliphatic carbocycles. The van der Waals surface area contributed by atoms with Crippen LogP contribution in [0.15, 0.2) is 12.1 Å². The lowest BCUT2D eigenvalue weighted by atomic mass is 10.0. The lowest BCUT2D eigenvalue weighted by Gasteiger charge is -2.18. The standard InChI is InChI=1S/C20H26N2O5/c1-10-17(13(4)23)12(3)21-18(10)20(24)22-11(2)14-8-15(25-5)19(27-7)16(9-14)26-6/h8-9,11,21H,1-7H3,(H,22,24)/t11-/m1/s1. The van der Waals surface area contributed by atoms with E-state index < -0.39 is 0 Å². The molecule has 1 heterocycles. The van der Waals surface area contributed by atoms with Gasteiger partial charge in [0.15, 0.2) is 17.3 Å². The number of nitrogens with one attached hydrogen (secondary N) is 2. The van der Waals surface area contributed by atoms with Gasteiger partial charge in [-0.2, -0.15) is 0 Å². The highest BCUT2D eigenvalue weighted by atomic mass is 16.5. The fourth-order valence-electron chi connectivity index (χ4n) is 3.21. The number of hydrogen-bond donors (Lipinski definition) is 2. The zero-order valence-corrected chi connectivity index (χ0v) is 16.8. The number of benzene rings is 1. The largest absolute Gasteiger partial charge is 0.493 e. The fourth-order valence-corrected chi connectivity index (χ4v) is 3.21. The highest BCUT2D eigenvalue weighted by molar-refractivity contribution is 6.02. The molecule has 7 nitrogen and oxygen atoms in total. The fraction of sp³-hybridized carbons (Fsp3) is 0.400. The van der Waals surface area contributed by atoms with E-state index in [1.54, 1.807) is 40.2 Å². The zero-order chi connectivity index (χ0) is 20.3. The zero-order valence-electron chi connectivity index (χ0n) is 16.8. The van der Waals surface area contributed by atoms with Gasteiger partial charge in [0.1, 0.15) is 5.69 Å². The number of H-pyrrole nitrogens is 1. The summed E-state index contributed by atoms with van der Waals surface area (Å²) in [6.07, 6.45) is 0. The van der Waals surface area contributed by atoms with Gasteiger partial charge in [-0.3, -0.25) is 9.59 Å². The molecule has 0 radical (unpaired) electrons. The molecule has 0 spiro atoms.